The van der Waals surface area contributed by atoms with E-state index in [1.54, 1.807) is 18.6 Å². The summed E-state index contributed by atoms with van der Waals surface area (Å²) < 4.78 is 7.31. The van der Waals surface area contributed by atoms with Crippen molar-refractivity contribution in [3.05, 3.63) is 96.1 Å². The van der Waals surface area contributed by atoms with E-state index in [-0.39, 0.29) is 12.1 Å². The van der Waals surface area contributed by atoms with Crippen LogP contribution in [0.15, 0.2) is 79.4 Å². The van der Waals surface area contributed by atoms with Gasteiger partial charge in [0.15, 0.2) is 0 Å². The second kappa shape index (κ2) is 13.3. The molecular weight excluding hydrogens is 532 g/mol. The van der Waals surface area contributed by atoms with Gasteiger partial charge in [-0.1, -0.05) is 48.2 Å². The number of nitrogens with zero attached hydrogens (tertiary/aromatic N) is 6. The van der Waals surface area contributed by atoms with E-state index in [4.69, 9.17) is 9.57 Å². The average molecular weight is 565 g/mol. The molecule has 2 aromatic heterocycles. The topological polar surface area (TPSA) is 110 Å². The molecule has 0 bridgehead atoms. The van der Waals surface area contributed by atoms with Crippen LogP contribution in [0.3, 0.4) is 0 Å². The Morgan fingerprint density at radius 1 is 0.905 bits per heavy atom. The lowest BCUT2D eigenvalue weighted by molar-refractivity contribution is -0.0829. The molecule has 2 fully saturated rings. The number of urea groups is 1. The third-order valence-electron chi connectivity index (χ3n) is 7.04. The lowest BCUT2D eigenvalue weighted by atomic mass is 10.1. The summed E-state index contributed by atoms with van der Waals surface area (Å²) in [4.78, 5) is 29.8. The Labute approximate surface area is 244 Å². The first-order valence-electron chi connectivity index (χ1n) is 14.0. The van der Waals surface area contributed by atoms with Gasteiger partial charge in [-0.05, 0) is 23.8 Å². The highest BCUT2D eigenvalue weighted by atomic mass is 16.7. The van der Waals surface area contributed by atoms with Crippen molar-refractivity contribution in [1.29, 1.82) is 0 Å². The van der Waals surface area contributed by atoms with Crippen LogP contribution in [-0.4, -0.2) is 75.2 Å². The van der Waals surface area contributed by atoms with Crippen LogP contribution in [0.5, 0.6) is 0 Å². The molecule has 2 saturated heterocycles. The number of hydrogen-bond acceptors (Lipinski definition) is 8. The van der Waals surface area contributed by atoms with Crippen LogP contribution in [0.4, 0.5) is 22.1 Å². The van der Waals surface area contributed by atoms with Crippen molar-refractivity contribution in [3.8, 4) is 11.8 Å². The molecule has 2 aromatic carbocycles. The molecular formula is C31H32N8O3. The lowest BCUT2D eigenvalue weighted by Gasteiger charge is -2.26. The van der Waals surface area contributed by atoms with Gasteiger partial charge in [0, 0.05) is 55.9 Å². The van der Waals surface area contributed by atoms with Gasteiger partial charge in [-0.15, -0.1) is 0 Å². The highest BCUT2D eigenvalue weighted by molar-refractivity contribution is 5.89. The number of carbonyl (C=O) groups is 1. The number of rotatable bonds is 7. The molecule has 6 rings (SSSR count). The van der Waals surface area contributed by atoms with Crippen molar-refractivity contribution in [1.82, 2.24) is 29.7 Å². The number of anilines is 3. The van der Waals surface area contributed by atoms with E-state index in [9.17, 15) is 4.79 Å². The molecule has 1 atom stereocenters. The quantitative estimate of drug-likeness (QED) is 0.324. The molecule has 4 aromatic rings. The predicted octanol–water partition coefficient (Wildman–Crippen LogP) is 4.06. The Bertz CT molecular complexity index is 1540. The Kier molecular flexibility index (Phi) is 8.66. The Morgan fingerprint density at radius 3 is 2.55 bits per heavy atom. The predicted molar refractivity (Wildman–Crippen MR) is 158 cm³/mol. The first kappa shape index (κ1) is 27.4. The van der Waals surface area contributed by atoms with Crippen molar-refractivity contribution in [2.24, 2.45) is 0 Å². The minimum absolute atomic E-state index is 0.122. The van der Waals surface area contributed by atoms with Crippen LogP contribution in [-0.2, 0) is 16.1 Å². The molecule has 2 N–H and O–H groups in total. The van der Waals surface area contributed by atoms with E-state index in [2.05, 4.69) is 42.4 Å². The van der Waals surface area contributed by atoms with Gasteiger partial charge in [-0.2, -0.15) is 10.2 Å². The third-order valence-corrected chi connectivity index (χ3v) is 7.04. The molecule has 42 heavy (non-hydrogen) atoms. The zero-order valence-electron chi connectivity index (χ0n) is 23.1. The highest BCUT2D eigenvalue weighted by Gasteiger charge is 2.31. The summed E-state index contributed by atoms with van der Waals surface area (Å²) in [5.41, 5.74) is 3.93. The van der Waals surface area contributed by atoms with Crippen molar-refractivity contribution in [2.45, 2.75) is 19.0 Å². The first-order chi connectivity index (χ1) is 20.7. The number of nitrogens with one attached hydrogen (secondary N) is 2. The molecule has 0 unspecified atom stereocenters. The molecule has 4 heterocycles. The molecule has 214 valence electrons. The second-order valence-electron chi connectivity index (χ2n) is 10.0. The highest BCUT2D eigenvalue weighted by Crippen LogP contribution is 2.30. The smallest absolute Gasteiger partial charge is 0.346 e. The summed E-state index contributed by atoms with van der Waals surface area (Å²) in [7, 11) is 0. The van der Waals surface area contributed by atoms with Gasteiger partial charge in [0.25, 0.3) is 0 Å². The van der Waals surface area contributed by atoms with Crippen LogP contribution in [0.25, 0.3) is 0 Å². The summed E-state index contributed by atoms with van der Waals surface area (Å²) in [6.45, 7) is 5.74. The monoisotopic (exact) mass is 564 g/mol. The molecule has 2 aliphatic rings. The van der Waals surface area contributed by atoms with E-state index in [1.165, 1.54) is 5.06 Å². The number of hydrogen-bond donors (Lipinski definition) is 2. The lowest BCUT2D eigenvalue weighted by Crippen LogP contribution is -2.38. The maximum absolute atomic E-state index is 13.0. The number of carbonyl (C=O) groups excluding carboxylic acids is 1. The largest absolute Gasteiger partial charge is 0.379 e. The van der Waals surface area contributed by atoms with Gasteiger partial charge in [-0.3, -0.25) is 14.4 Å². The summed E-state index contributed by atoms with van der Waals surface area (Å²) in [5, 5.41) is 11.9. The average Bonchev–Trinajstić information content (AvgIpc) is 3.71. The van der Waals surface area contributed by atoms with Gasteiger partial charge in [0.1, 0.15) is 0 Å². The van der Waals surface area contributed by atoms with Crippen molar-refractivity contribution in [3.63, 3.8) is 0 Å². The van der Waals surface area contributed by atoms with Gasteiger partial charge in [0.2, 0.25) is 5.95 Å². The fourth-order valence-electron chi connectivity index (χ4n) is 4.85. The first-order valence-corrected chi connectivity index (χ1v) is 14.0. The number of ether oxygens (including phenoxy) is 1. The van der Waals surface area contributed by atoms with Gasteiger partial charge < -0.3 is 15.4 Å². The van der Waals surface area contributed by atoms with Crippen LogP contribution in [0.1, 0.15) is 29.2 Å². The number of hydroxylamine groups is 2. The molecule has 11 nitrogen and oxygen atoms in total. The van der Waals surface area contributed by atoms with Gasteiger partial charge in [0.05, 0.1) is 49.9 Å². The number of morpholine rings is 1. The van der Waals surface area contributed by atoms with Crippen molar-refractivity contribution < 1.29 is 14.4 Å². The van der Waals surface area contributed by atoms with E-state index in [0.717, 1.165) is 62.6 Å². The molecule has 0 spiro atoms. The summed E-state index contributed by atoms with van der Waals surface area (Å²) in [6, 6.07) is 16.8. The molecule has 2 aliphatic heterocycles. The molecule has 11 heteroatoms. The fourth-order valence-corrected chi connectivity index (χ4v) is 4.85. The molecule has 2 amide bonds. The van der Waals surface area contributed by atoms with Crippen LogP contribution >= 0.6 is 0 Å². The standard InChI is InChI=1S/C31H32N8O3/c40-31(39-29(11-16-42-39)26-6-2-1-3-7-26)36-27-8-4-5-24(19-27)9-10-25-20-32-30(33-21-25)35-28-22-34-38(23-28)13-12-37-14-17-41-18-15-37/h1-8,19-23,29H,11-18H2,(H,36,40)(H,32,33,35)/t29-/m0/s1. The summed E-state index contributed by atoms with van der Waals surface area (Å²) >= 11 is 0. The van der Waals surface area contributed by atoms with E-state index in [0.29, 0.717) is 23.8 Å². The SMILES string of the molecule is O=C(Nc1cccc(C#Cc2cnc(Nc3cnn(CCN4CCOCC4)c3)nc2)c1)N1OCC[C@H]1c1ccccc1. The van der Waals surface area contributed by atoms with Crippen molar-refractivity contribution >= 4 is 23.4 Å². The van der Waals surface area contributed by atoms with Gasteiger partial charge in [-0.25, -0.2) is 14.8 Å². The fraction of sp³-hybridized carbons (Fsp3) is 0.290. The summed E-state index contributed by atoms with van der Waals surface area (Å²) in [5.74, 6) is 6.68. The van der Waals surface area contributed by atoms with Crippen molar-refractivity contribution in [2.75, 3.05) is 50.1 Å². The number of benzene rings is 2. The number of aromatic nitrogens is 4. The third kappa shape index (κ3) is 7.11. The molecule has 0 saturated carbocycles. The van der Waals surface area contributed by atoms with Gasteiger partial charge >= 0.3 is 6.03 Å². The van der Waals surface area contributed by atoms with E-state index in [1.807, 2.05) is 65.5 Å². The zero-order valence-corrected chi connectivity index (χ0v) is 23.1. The van der Waals surface area contributed by atoms with Crippen LogP contribution < -0.4 is 10.6 Å². The maximum atomic E-state index is 13.0. The minimum atomic E-state index is -0.314. The van der Waals surface area contributed by atoms with Crippen LogP contribution in [0, 0.1) is 11.8 Å². The Balaban J connectivity index is 1.02. The molecule has 0 aliphatic carbocycles. The Hall–Kier alpha value is -4.76. The second-order valence-corrected chi connectivity index (χ2v) is 10.0. The maximum Gasteiger partial charge on any atom is 0.346 e. The number of amides is 2. The zero-order chi connectivity index (χ0) is 28.6. The minimum Gasteiger partial charge on any atom is -0.379 e. The van der Waals surface area contributed by atoms with E-state index >= 15 is 0 Å². The van der Waals surface area contributed by atoms with E-state index < -0.39 is 0 Å². The molecule has 0 radical (unpaired) electrons. The Morgan fingerprint density at radius 2 is 1.71 bits per heavy atom. The van der Waals surface area contributed by atoms with Crippen LogP contribution in [0.2, 0.25) is 0 Å². The summed E-state index contributed by atoms with van der Waals surface area (Å²) in [6.07, 6.45) is 7.80. The normalized spacial score (nSPS) is 17.0.